The average molecular weight is 443 g/mol. The van der Waals surface area contributed by atoms with Crippen molar-refractivity contribution in [1.29, 1.82) is 5.26 Å². The van der Waals surface area contributed by atoms with E-state index in [-0.39, 0.29) is 17.3 Å². The zero-order chi connectivity index (χ0) is 23.4. The third-order valence-corrected chi connectivity index (χ3v) is 3.70. The van der Waals surface area contributed by atoms with Gasteiger partial charge in [-0.1, -0.05) is 6.07 Å². The Hall–Kier alpha value is -4.01. The van der Waals surface area contributed by atoms with Crippen molar-refractivity contribution >= 4 is 23.3 Å². The number of carbonyl (C=O) groups excluding carboxylic acids is 1. The van der Waals surface area contributed by atoms with E-state index in [0.717, 1.165) is 6.07 Å². The molecule has 0 saturated carbocycles. The molecule has 0 fully saturated rings. The molecule has 0 radical (unpaired) electrons. The van der Waals surface area contributed by atoms with Crippen LogP contribution in [0.25, 0.3) is 0 Å². The standard InChI is InChI=1S/C19H11F6N3O3/c20-18(21,22)12-5-13(19(23,24)25)7-15(6-12)27-9-11(8-26)16(29)28-14-3-1-2-10(4-14)17(30)31/h1-7,9,27H,(H,28,29)(H,30,31)/b11-9-. The second-order valence-electron chi connectivity index (χ2n) is 5.95. The van der Waals surface area contributed by atoms with E-state index in [1.807, 2.05) is 0 Å². The van der Waals surface area contributed by atoms with Gasteiger partial charge in [0.25, 0.3) is 5.91 Å². The molecule has 1 amide bonds. The fraction of sp³-hybridized carbons (Fsp3) is 0.105. The number of carboxylic acid groups (broad SMARTS) is 1. The number of nitrogens with one attached hydrogen (secondary N) is 2. The molecule has 0 aliphatic rings. The van der Waals surface area contributed by atoms with Gasteiger partial charge in [0, 0.05) is 17.6 Å². The Bertz CT molecular complexity index is 1050. The maximum atomic E-state index is 12.9. The minimum Gasteiger partial charge on any atom is -0.478 e. The first kappa shape index (κ1) is 23.3. The van der Waals surface area contributed by atoms with E-state index < -0.39 is 46.6 Å². The minimum atomic E-state index is -5.06. The van der Waals surface area contributed by atoms with Gasteiger partial charge in [-0.15, -0.1) is 0 Å². The van der Waals surface area contributed by atoms with Crippen molar-refractivity contribution in [2.24, 2.45) is 0 Å². The van der Waals surface area contributed by atoms with Crippen LogP contribution in [0.4, 0.5) is 37.7 Å². The van der Waals surface area contributed by atoms with Gasteiger partial charge >= 0.3 is 18.3 Å². The van der Waals surface area contributed by atoms with Crippen molar-refractivity contribution in [1.82, 2.24) is 0 Å². The lowest BCUT2D eigenvalue weighted by molar-refractivity contribution is -0.143. The maximum absolute atomic E-state index is 12.9. The number of anilines is 2. The monoisotopic (exact) mass is 443 g/mol. The highest BCUT2D eigenvalue weighted by atomic mass is 19.4. The first-order chi connectivity index (χ1) is 14.3. The van der Waals surface area contributed by atoms with Crippen LogP contribution in [0.5, 0.6) is 0 Å². The third-order valence-electron chi connectivity index (χ3n) is 3.70. The molecule has 0 bridgehead atoms. The molecule has 2 aromatic carbocycles. The molecule has 0 heterocycles. The number of halogens is 6. The number of carbonyl (C=O) groups is 2. The Kier molecular flexibility index (Phi) is 6.59. The minimum absolute atomic E-state index is 0.00414. The van der Waals surface area contributed by atoms with E-state index in [1.165, 1.54) is 24.3 Å². The van der Waals surface area contributed by atoms with Gasteiger partial charge in [-0.05, 0) is 36.4 Å². The number of hydrogen-bond donors (Lipinski definition) is 3. The summed E-state index contributed by atoms with van der Waals surface area (Å²) in [7, 11) is 0. The molecule has 3 N–H and O–H groups in total. The van der Waals surface area contributed by atoms with Crippen LogP contribution in [-0.4, -0.2) is 17.0 Å². The summed E-state index contributed by atoms with van der Waals surface area (Å²) in [5.41, 5.74) is -4.66. The molecule has 0 aromatic heterocycles. The Morgan fingerprint density at radius 1 is 0.935 bits per heavy atom. The molecule has 0 unspecified atom stereocenters. The quantitative estimate of drug-likeness (QED) is 0.347. The van der Waals surface area contributed by atoms with E-state index >= 15 is 0 Å². The summed E-state index contributed by atoms with van der Waals surface area (Å²) in [5.74, 6) is -2.35. The highest BCUT2D eigenvalue weighted by molar-refractivity contribution is 6.07. The van der Waals surface area contributed by atoms with Crippen LogP contribution in [0, 0.1) is 11.3 Å². The molecule has 31 heavy (non-hydrogen) atoms. The molecule has 0 aliphatic carbocycles. The highest BCUT2D eigenvalue weighted by Gasteiger charge is 2.36. The summed E-state index contributed by atoms with van der Waals surface area (Å²) in [5, 5.41) is 22.3. The van der Waals surface area contributed by atoms with Gasteiger partial charge in [-0.25, -0.2) is 4.79 Å². The molecular formula is C19H11F6N3O3. The van der Waals surface area contributed by atoms with Gasteiger partial charge < -0.3 is 15.7 Å². The lowest BCUT2D eigenvalue weighted by atomic mass is 10.1. The lowest BCUT2D eigenvalue weighted by Gasteiger charge is -2.14. The molecule has 2 rings (SSSR count). The van der Waals surface area contributed by atoms with Crippen LogP contribution in [0.15, 0.2) is 54.2 Å². The van der Waals surface area contributed by atoms with Gasteiger partial charge in [-0.3, -0.25) is 4.79 Å². The molecule has 0 atom stereocenters. The fourth-order valence-corrected chi connectivity index (χ4v) is 2.27. The average Bonchev–Trinajstić information content (AvgIpc) is 2.67. The van der Waals surface area contributed by atoms with Crippen LogP contribution in [0.3, 0.4) is 0 Å². The van der Waals surface area contributed by atoms with Crippen LogP contribution >= 0.6 is 0 Å². The number of nitrogens with zero attached hydrogens (tertiary/aromatic N) is 1. The van der Waals surface area contributed by atoms with Crippen LogP contribution < -0.4 is 10.6 Å². The first-order valence-electron chi connectivity index (χ1n) is 8.12. The number of alkyl halides is 6. The number of nitriles is 1. The number of amides is 1. The van der Waals surface area contributed by atoms with Crippen molar-refractivity contribution in [2.75, 3.05) is 10.6 Å². The smallest absolute Gasteiger partial charge is 0.416 e. The predicted molar refractivity (Wildman–Crippen MR) is 95.8 cm³/mol. The van der Waals surface area contributed by atoms with Crippen molar-refractivity contribution in [2.45, 2.75) is 12.4 Å². The molecule has 6 nitrogen and oxygen atoms in total. The largest absolute Gasteiger partial charge is 0.478 e. The van der Waals surface area contributed by atoms with E-state index in [0.29, 0.717) is 18.3 Å². The molecular weight excluding hydrogens is 432 g/mol. The summed E-state index contributed by atoms with van der Waals surface area (Å²) in [4.78, 5) is 23.1. The van der Waals surface area contributed by atoms with Crippen molar-refractivity contribution in [3.8, 4) is 6.07 Å². The first-order valence-corrected chi connectivity index (χ1v) is 8.12. The van der Waals surface area contributed by atoms with Gasteiger partial charge in [0.15, 0.2) is 0 Å². The maximum Gasteiger partial charge on any atom is 0.416 e. The second kappa shape index (κ2) is 8.78. The molecule has 0 saturated heterocycles. The summed E-state index contributed by atoms with van der Waals surface area (Å²) < 4.78 is 77.4. The Morgan fingerprint density at radius 3 is 2.00 bits per heavy atom. The van der Waals surface area contributed by atoms with E-state index in [1.54, 1.807) is 0 Å². The van der Waals surface area contributed by atoms with E-state index in [9.17, 15) is 35.9 Å². The van der Waals surface area contributed by atoms with Gasteiger partial charge in [0.2, 0.25) is 0 Å². The molecule has 162 valence electrons. The number of rotatable bonds is 5. The topological polar surface area (TPSA) is 102 Å². The van der Waals surface area contributed by atoms with Crippen LogP contribution in [-0.2, 0) is 17.1 Å². The summed E-state index contributed by atoms with van der Waals surface area (Å²) in [6.07, 6.45) is -9.50. The molecule has 0 spiro atoms. The zero-order valence-corrected chi connectivity index (χ0v) is 15.1. The van der Waals surface area contributed by atoms with Crippen molar-refractivity contribution < 1.29 is 41.0 Å². The second-order valence-corrected chi connectivity index (χ2v) is 5.95. The normalized spacial score (nSPS) is 12.1. The number of aromatic carboxylic acids is 1. The lowest BCUT2D eigenvalue weighted by Crippen LogP contribution is -2.15. The predicted octanol–water partition coefficient (Wildman–Crippen LogP) is 4.88. The Balaban J connectivity index is 2.30. The number of carboxylic acids is 1. The van der Waals surface area contributed by atoms with Gasteiger partial charge in [-0.2, -0.15) is 31.6 Å². The zero-order valence-electron chi connectivity index (χ0n) is 15.1. The Morgan fingerprint density at radius 2 is 1.52 bits per heavy atom. The Labute approximate surface area is 170 Å². The number of benzene rings is 2. The summed E-state index contributed by atoms with van der Waals surface area (Å²) in [6.45, 7) is 0. The van der Waals surface area contributed by atoms with Crippen LogP contribution in [0.2, 0.25) is 0 Å². The highest BCUT2D eigenvalue weighted by Crippen LogP contribution is 2.37. The van der Waals surface area contributed by atoms with Crippen LogP contribution in [0.1, 0.15) is 21.5 Å². The third kappa shape index (κ3) is 6.23. The summed E-state index contributed by atoms with van der Waals surface area (Å²) >= 11 is 0. The fourth-order valence-electron chi connectivity index (χ4n) is 2.27. The van der Waals surface area contributed by atoms with Gasteiger partial charge in [0.1, 0.15) is 11.6 Å². The van der Waals surface area contributed by atoms with E-state index in [4.69, 9.17) is 10.4 Å². The molecule has 0 aliphatic heterocycles. The number of hydrogen-bond acceptors (Lipinski definition) is 4. The molecule has 12 heteroatoms. The molecule has 2 aromatic rings. The van der Waals surface area contributed by atoms with Crippen molar-refractivity contribution in [3.63, 3.8) is 0 Å². The van der Waals surface area contributed by atoms with Gasteiger partial charge in [0.05, 0.1) is 16.7 Å². The van der Waals surface area contributed by atoms with E-state index in [2.05, 4.69) is 10.6 Å². The summed E-state index contributed by atoms with van der Waals surface area (Å²) in [6, 6.07) is 7.11. The van der Waals surface area contributed by atoms with Crippen molar-refractivity contribution in [3.05, 3.63) is 70.9 Å². The SMILES string of the molecule is N#C/C(=C/Nc1cc(C(F)(F)F)cc(C(F)(F)F)c1)C(=O)Nc1cccc(C(=O)O)c1.